The Morgan fingerprint density at radius 1 is 1.30 bits per heavy atom. The van der Waals surface area contributed by atoms with Crippen molar-refractivity contribution < 1.29 is 14.7 Å². The molecule has 1 N–H and O–H groups in total. The van der Waals surface area contributed by atoms with E-state index in [0.29, 0.717) is 5.56 Å². The number of nitrogens with zero attached hydrogens (tertiary/aromatic N) is 1. The molecule has 0 aliphatic carbocycles. The summed E-state index contributed by atoms with van der Waals surface area (Å²) in [7, 11) is 0. The smallest absolute Gasteiger partial charge is 0.335 e. The largest absolute Gasteiger partial charge is 0.478 e. The third kappa shape index (κ3) is 4.19. The lowest BCUT2D eigenvalue weighted by atomic mass is 10.0. The van der Waals surface area contributed by atoms with Gasteiger partial charge in [0, 0.05) is 0 Å². The fourth-order valence-corrected chi connectivity index (χ4v) is 1.67. The monoisotopic (exact) mass is 269 g/mol. The van der Waals surface area contributed by atoms with Crippen LogP contribution in [0.25, 0.3) is 0 Å². The maximum absolute atomic E-state index is 12.2. The molecule has 1 aromatic rings. The molecule has 102 valence electrons. The van der Waals surface area contributed by atoms with Gasteiger partial charge in [-0.2, -0.15) is 0 Å². The maximum atomic E-state index is 12.2. The maximum Gasteiger partial charge on any atom is 0.335 e. The summed E-state index contributed by atoms with van der Waals surface area (Å²) < 4.78 is 0. The molecule has 0 saturated heterocycles. The average molecular weight is 269 g/mol. The lowest BCUT2D eigenvalue weighted by Gasteiger charge is -2.17. The first-order valence-electron chi connectivity index (χ1n) is 6.02. The van der Waals surface area contributed by atoms with Crippen molar-refractivity contribution in [1.82, 2.24) is 4.90 Å². The molecule has 0 aliphatic heterocycles. The molecular weight excluding hydrogens is 254 g/mol. The van der Waals surface area contributed by atoms with Gasteiger partial charge >= 0.3 is 5.97 Å². The molecule has 0 unspecified atom stereocenters. The van der Waals surface area contributed by atoms with E-state index >= 15 is 0 Å². The van der Waals surface area contributed by atoms with Gasteiger partial charge in [-0.15, -0.1) is 12.3 Å². The highest BCUT2D eigenvalue weighted by atomic mass is 16.4. The SMILES string of the molecule is C#CCN(CC#CC)C(=O)Cc1ccccc1C(=O)O. The van der Waals surface area contributed by atoms with E-state index in [2.05, 4.69) is 17.8 Å². The molecule has 0 saturated carbocycles. The number of benzene rings is 1. The number of amides is 1. The Bertz CT molecular complexity index is 602. The number of hydrogen-bond donors (Lipinski definition) is 1. The minimum atomic E-state index is -1.05. The highest BCUT2D eigenvalue weighted by Crippen LogP contribution is 2.11. The Labute approximate surface area is 118 Å². The standard InChI is InChI=1S/C16H15NO3/c1-3-5-11-17(10-4-2)15(18)12-13-8-6-7-9-14(13)16(19)20/h2,6-9H,10-12H2,1H3,(H,19,20). The summed E-state index contributed by atoms with van der Waals surface area (Å²) in [6.45, 7) is 2.08. The Hall–Kier alpha value is -2.72. The fraction of sp³-hybridized carbons (Fsp3) is 0.250. The first kappa shape index (κ1) is 15.3. The highest BCUT2D eigenvalue weighted by Gasteiger charge is 2.16. The quantitative estimate of drug-likeness (QED) is 0.822. The van der Waals surface area contributed by atoms with Gasteiger partial charge in [-0.05, 0) is 18.6 Å². The number of hydrogen-bond acceptors (Lipinski definition) is 2. The van der Waals surface area contributed by atoms with Crippen LogP contribution in [-0.4, -0.2) is 35.0 Å². The third-order valence-electron chi connectivity index (χ3n) is 2.67. The average Bonchev–Trinajstić information content (AvgIpc) is 2.43. The van der Waals surface area contributed by atoms with Gasteiger partial charge in [-0.1, -0.05) is 30.0 Å². The summed E-state index contributed by atoms with van der Waals surface area (Å²) in [4.78, 5) is 24.7. The first-order valence-corrected chi connectivity index (χ1v) is 6.02. The summed E-state index contributed by atoms with van der Waals surface area (Å²) >= 11 is 0. The van der Waals surface area contributed by atoms with Gasteiger partial charge < -0.3 is 10.0 Å². The Morgan fingerprint density at radius 2 is 2.00 bits per heavy atom. The number of terminal acetylenes is 1. The normalized spacial score (nSPS) is 9.00. The Kier molecular flexibility index (Phi) is 5.87. The summed E-state index contributed by atoms with van der Waals surface area (Å²) in [5, 5.41) is 9.08. The summed E-state index contributed by atoms with van der Waals surface area (Å²) in [5.74, 6) is 6.59. The van der Waals surface area contributed by atoms with Gasteiger partial charge in [0.1, 0.15) is 0 Å². The van der Waals surface area contributed by atoms with Crippen LogP contribution >= 0.6 is 0 Å². The third-order valence-corrected chi connectivity index (χ3v) is 2.67. The zero-order valence-corrected chi connectivity index (χ0v) is 11.2. The van der Waals surface area contributed by atoms with E-state index in [-0.39, 0.29) is 31.0 Å². The topological polar surface area (TPSA) is 57.6 Å². The molecule has 4 heteroatoms. The van der Waals surface area contributed by atoms with Gasteiger partial charge in [-0.25, -0.2) is 4.79 Å². The first-order chi connectivity index (χ1) is 9.60. The number of aromatic carboxylic acids is 1. The zero-order valence-electron chi connectivity index (χ0n) is 11.2. The number of rotatable bonds is 5. The van der Waals surface area contributed by atoms with Crippen molar-refractivity contribution in [3.05, 3.63) is 35.4 Å². The zero-order chi connectivity index (χ0) is 15.0. The number of carbonyl (C=O) groups is 2. The lowest BCUT2D eigenvalue weighted by molar-refractivity contribution is -0.129. The van der Waals surface area contributed by atoms with Crippen molar-refractivity contribution in [1.29, 1.82) is 0 Å². The van der Waals surface area contributed by atoms with E-state index in [1.54, 1.807) is 25.1 Å². The minimum absolute atomic E-state index is 0.00442. The Balaban J connectivity index is 2.90. The number of carboxylic acid groups (broad SMARTS) is 1. The van der Waals surface area contributed by atoms with Crippen LogP contribution in [0, 0.1) is 24.2 Å². The molecule has 4 nitrogen and oxygen atoms in total. The second-order valence-electron chi connectivity index (χ2n) is 4.02. The van der Waals surface area contributed by atoms with E-state index in [4.69, 9.17) is 11.5 Å². The van der Waals surface area contributed by atoms with E-state index in [1.807, 2.05) is 0 Å². The van der Waals surface area contributed by atoms with Crippen LogP contribution < -0.4 is 0 Å². The molecule has 0 heterocycles. The predicted octanol–water partition coefficient (Wildman–Crippen LogP) is 1.41. The van der Waals surface area contributed by atoms with Gasteiger partial charge in [0.05, 0.1) is 25.1 Å². The molecule has 0 bridgehead atoms. The van der Waals surface area contributed by atoms with Crippen molar-refractivity contribution in [2.75, 3.05) is 13.1 Å². The molecule has 1 amide bonds. The predicted molar refractivity (Wildman–Crippen MR) is 76.0 cm³/mol. The van der Waals surface area contributed by atoms with Crippen molar-refractivity contribution in [2.45, 2.75) is 13.3 Å². The van der Waals surface area contributed by atoms with Gasteiger partial charge in [-0.3, -0.25) is 4.79 Å². The molecular formula is C16H15NO3. The van der Waals surface area contributed by atoms with Gasteiger partial charge in [0.25, 0.3) is 0 Å². The van der Waals surface area contributed by atoms with E-state index in [1.165, 1.54) is 11.0 Å². The molecule has 1 aromatic carbocycles. The molecule has 20 heavy (non-hydrogen) atoms. The van der Waals surface area contributed by atoms with Crippen LogP contribution in [0.3, 0.4) is 0 Å². The van der Waals surface area contributed by atoms with Crippen LogP contribution in [0.15, 0.2) is 24.3 Å². The fourth-order valence-electron chi connectivity index (χ4n) is 1.67. The minimum Gasteiger partial charge on any atom is -0.478 e. The van der Waals surface area contributed by atoms with Crippen molar-refractivity contribution in [3.63, 3.8) is 0 Å². The van der Waals surface area contributed by atoms with Gasteiger partial charge in [0.15, 0.2) is 0 Å². The molecule has 0 aromatic heterocycles. The number of carbonyl (C=O) groups excluding carboxylic acids is 1. The molecule has 1 rings (SSSR count). The van der Waals surface area contributed by atoms with Crippen LogP contribution in [0.1, 0.15) is 22.8 Å². The van der Waals surface area contributed by atoms with Crippen molar-refractivity contribution >= 4 is 11.9 Å². The van der Waals surface area contributed by atoms with Gasteiger partial charge in [0.2, 0.25) is 5.91 Å². The van der Waals surface area contributed by atoms with Crippen LogP contribution in [-0.2, 0) is 11.2 Å². The number of carboxylic acids is 1. The van der Waals surface area contributed by atoms with Crippen LogP contribution in [0.2, 0.25) is 0 Å². The lowest BCUT2D eigenvalue weighted by Crippen LogP contribution is -2.33. The molecule has 0 radical (unpaired) electrons. The molecule has 0 aliphatic rings. The molecule has 0 fully saturated rings. The van der Waals surface area contributed by atoms with Crippen LogP contribution in [0.4, 0.5) is 0 Å². The summed E-state index contributed by atoms with van der Waals surface area (Å²) in [6, 6.07) is 6.43. The Morgan fingerprint density at radius 3 is 2.60 bits per heavy atom. The van der Waals surface area contributed by atoms with Crippen LogP contribution in [0.5, 0.6) is 0 Å². The molecule has 0 atom stereocenters. The second-order valence-corrected chi connectivity index (χ2v) is 4.02. The van der Waals surface area contributed by atoms with E-state index < -0.39 is 5.97 Å². The van der Waals surface area contributed by atoms with Crippen molar-refractivity contribution in [3.8, 4) is 24.2 Å². The van der Waals surface area contributed by atoms with E-state index in [9.17, 15) is 9.59 Å². The molecule has 0 spiro atoms. The van der Waals surface area contributed by atoms with E-state index in [0.717, 1.165) is 0 Å². The second kappa shape index (κ2) is 7.66. The highest BCUT2D eigenvalue weighted by molar-refractivity contribution is 5.91. The summed E-state index contributed by atoms with van der Waals surface area (Å²) in [6.07, 6.45) is 5.22. The summed E-state index contributed by atoms with van der Waals surface area (Å²) in [5.41, 5.74) is 0.597. The van der Waals surface area contributed by atoms with Crippen molar-refractivity contribution in [2.24, 2.45) is 0 Å².